The van der Waals surface area contributed by atoms with Gasteiger partial charge < -0.3 is 14.4 Å². The zero-order valence-electron chi connectivity index (χ0n) is 17.0. The number of hydrogen-bond donors (Lipinski definition) is 1. The minimum Gasteiger partial charge on any atom is -0.543 e. The first-order chi connectivity index (χ1) is 12.9. The van der Waals surface area contributed by atoms with Crippen LogP contribution in [-0.2, 0) is 5.60 Å². The molecule has 0 bridgehead atoms. The van der Waals surface area contributed by atoms with Crippen LogP contribution < -0.4 is 9.33 Å². The SMILES string of the molecule is CC(C)(C)[Si](C)(C)Oc1ccc(C2(O)CN(c3cc(C#N)ccn3)C2)c(Cl)c1. The van der Waals surface area contributed by atoms with Crippen molar-refractivity contribution in [1.82, 2.24) is 4.98 Å². The first kappa shape index (κ1) is 20.7. The minimum atomic E-state index is -1.95. The van der Waals surface area contributed by atoms with Gasteiger partial charge in [0, 0.05) is 11.8 Å². The maximum atomic E-state index is 11.0. The van der Waals surface area contributed by atoms with Crippen molar-refractivity contribution in [1.29, 1.82) is 5.26 Å². The lowest BCUT2D eigenvalue weighted by Gasteiger charge is -2.47. The predicted molar refractivity (Wildman–Crippen MR) is 114 cm³/mol. The van der Waals surface area contributed by atoms with Gasteiger partial charge in [-0.1, -0.05) is 38.4 Å². The van der Waals surface area contributed by atoms with Crippen LogP contribution in [0.15, 0.2) is 36.5 Å². The van der Waals surface area contributed by atoms with E-state index < -0.39 is 13.9 Å². The first-order valence-electron chi connectivity index (χ1n) is 9.28. The zero-order valence-corrected chi connectivity index (χ0v) is 18.7. The molecule has 7 heteroatoms. The number of aliphatic hydroxyl groups is 1. The summed E-state index contributed by atoms with van der Waals surface area (Å²) in [5, 5.41) is 20.6. The third kappa shape index (κ3) is 3.88. The highest BCUT2D eigenvalue weighted by Gasteiger charge is 2.45. The highest BCUT2D eigenvalue weighted by atomic mass is 35.5. The molecular formula is C21H26ClN3O2Si. The number of pyridine rings is 1. The van der Waals surface area contributed by atoms with E-state index >= 15 is 0 Å². The number of rotatable bonds is 4. The third-order valence-electron chi connectivity index (χ3n) is 5.72. The summed E-state index contributed by atoms with van der Waals surface area (Å²) < 4.78 is 6.30. The van der Waals surface area contributed by atoms with E-state index in [0.29, 0.717) is 35.1 Å². The molecule has 0 atom stereocenters. The van der Waals surface area contributed by atoms with Crippen molar-refractivity contribution >= 4 is 25.7 Å². The Kier molecular flexibility index (Phi) is 5.22. The lowest BCUT2D eigenvalue weighted by molar-refractivity contribution is 0.00714. The number of halogens is 1. The number of nitrogens with zero attached hydrogens (tertiary/aromatic N) is 3. The fourth-order valence-corrected chi connectivity index (χ4v) is 4.33. The van der Waals surface area contributed by atoms with Crippen LogP contribution in [-0.4, -0.2) is 31.5 Å². The molecule has 2 aromatic rings. The van der Waals surface area contributed by atoms with Gasteiger partial charge in [-0.3, -0.25) is 0 Å². The quantitative estimate of drug-likeness (QED) is 0.733. The summed E-state index contributed by atoms with van der Waals surface area (Å²) in [7, 11) is -1.95. The van der Waals surface area contributed by atoms with E-state index in [-0.39, 0.29) is 5.04 Å². The van der Waals surface area contributed by atoms with Gasteiger partial charge in [0.1, 0.15) is 17.2 Å². The average molecular weight is 416 g/mol. The van der Waals surface area contributed by atoms with Gasteiger partial charge in [-0.25, -0.2) is 4.98 Å². The monoisotopic (exact) mass is 415 g/mol. The molecule has 0 amide bonds. The molecule has 3 rings (SSSR count). The maximum Gasteiger partial charge on any atom is 0.250 e. The molecule has 2 heterocycles. The molecule has 0 unspecified atom stereocenters. The average Bonchev–Trinajstić information content (AvgIpc) is 2.58. The maximum absolute atomic E-state index is 11.0. The van der Waals surface area contributed by atoms with Crippen molar-refractivity contribution < 1.29 is 9.53 Å². The normalized spacial score (nSPS) is 16.3. The standard InChI is InChI=1S/C21H26ClN3O2Si/c1-20(2,3)28(4,5)27-16-6-7-17(18(22)11-16)21(26)13-25(14-21)19-10-15(12-23)8-9-24-19/h6-11,26H,13-14H2,1-5H3. The number of anilines is 1. The highest BCUT2D eigenvalue weighted by molar-refractivity contribution is 6.74. The summed E-state index contributed by atoms with van der Waals surface area (Å²) in [6.07, 6.45) is 1.60. The molecule has 0 spiro atoms. The Morgan fingerprint density at radius 2 is 1.93 bits per heavy atom. The summed E-state index contributed by atoms with van der Waals surface area (Å²) in [5.74, 6) is 1.42. The Morgan fingerprint density at radius 1 is 1.25 bits per heavy atom. The molecule has 1 N–H and O–H groups in total. The summed E-state index contributed by atoms with van der Waals surface area (Å²) in [5.41, 5.74) is 0.187. The van der Waals surface area contributed by atoms with Gasteiger partial charge in [-0.2, -0.15) is 5.26 Å². The molecule has 1 aromatic heterocycles. The van der Waals surface area contributed by atoms with Crippen LogP contribution in [0.1, 0.15) is 31.9 Å². The molecule has 0 radical (unpaired) electrons. The van der Waals surface area contributed by atoms with Gasteiger partial charge in [-0.05, 0) is 42.4 Å². The predicted octanol–water partition coefficient (Wildman–Crippen LogP) is 4.70. The zero-order chi connectivity index (χ0) is 20.7. The van der Waals surface area contributed by atoms with Gasteiger partial charge in [0.05, 0.1) is 29.7 Å². The second kappa shape index (κ2) is 7.07. The lowest BCUT2D eigenvalue weighted by Crippen LogP contribution is -2.60. The van der Waals surface area contributed by atoms with E-state index in [1.54, 1.807) is 24.4 Å². The van der Waals surface area contributed by atoms with Crippen molar-refractivity contribution in [3.63, 3.8) is 0 Å². The highest BCUT2D eigenvalue weighted by Crippen LogP contribution is 2.41. The van der Waals surface area contributed by atoms with Crippen LogP contribution in [0.2, 0.25) is 23.2 Å². The molecule has 28 heavy (non-hydrogen) atoms. The number of benzene rings is 1. The number of β-amino-alcohol motifs (C(OH)–C–C–N with tert-alkyl or cyclic N) is 1. The summed E-state index contributed by atoms with van der Waals surface area (Å²) in [6, 6.07) is 11.0. The van der Waals surface area contributed by atoms with Crippen molar-refractivity contribution in [3.05, 3.63) is 52.7 Å². The van der Waals surface area contributed by atoms with Gasteiger partial charge in [0.25, 0.3) is 0 Å². The second-order valence-corrected chi connectivity index (χ2v) is 14.0. The molecule has 1 aliphatic heterocycles. The van der Waals surface area contributed by atoms with Crippen LogP contribution in [0.3, 0.4) is 0 Å². The molecule has 1 fully saturated rings. The van der Waals surface area contributed by atoms with Gasteiger partial charge in [0.2, 0.25) is 8.32 Å². The Labute approximate surface area is 172 Å². The van der Waals surface area contributed by atoms with E-state index in [1.165, 1.54) is 0 Å². The Bertz CT molecular complexity index is 928. The van der Waals surface area contributed by atoms with Crippen molar-refractivity contribution in [2.24, 2.45) is 0 Å². The molecule has 0 saturated carbocycles. The molecule has 5 nitrogen and oxygen atoms in total. The molecule has 1 aromatic carbocycles. The van der Waals surface area contributed by atoms with Crippen molar-refractivity contribution in [3.8, 4) is 11.8 Å². The summed E-state index contributed by atoms with van der Waals surface area (Å²) in [6.45, 7) is 11.7. The van der Waals surface area contributed by atoms with Crippen LogP contribution in [0, 0.1) is 11.3 Å². The van der Waals surface area contributed by atoms with Crippen LogP contribution in [0.5, 0.6) is 5.75 Å². The summed E-state index contributed by atoms with van der Waals surface area (Å²) in [4.78, 5) is 6.21. The fraction of sp³-hybridized carbons (Fsp3) is 0.429. The number of aromatic nitrogens is 1. The van der Waals surface area contributed by atoms with Crippen molar-refractivity contribution in [2.75, 3.05) is 18.0 Å². The van der Waals surface area contributed by atoms with Crippen LogP contribution in [0.25, 0.3) is 0 Å². The van der Waals surface area contributed by atoms with Gasteiger partial charge >= 0.3 is 0 Å². The minimum absolute atomic E-state index is 0.0930. The smallest absolute Gasteiger partial charge is 0.250 e. The lowest BCUT2D eigenvalue weighted by atomic mass is 9.86. The molecule has 1 saturated heterocycles. The summed E-state index contributed by atoms with van der Waals surface area (Å²) >= 11 is 6.51. The number of hydrogen-bond acceptors (Lipinski definition) is 5. The Hall–Kier alpha value is -2.07. The third-order valence-corrected chi connectivity index (χ3v) is 10.4. The van der Waals surface area contributed by atoms with Gasteiger partial charge in [-0.15, -0.1) is 0 Å². The molecule has 1 aliphatic rings. The van der Waals surface area contributed by atoms with E-state index in [1.807, 2.05) is 17.0 Å². The molecule has 148 valence electrons. The fourth-order valence-electron chi connectivity index (χ4n) is 2.96. The first-order valence-corrected chi connectivity index (χ1v) is 12.6. The number of nitriles is 1. The molecular weight excluding hydrogens is 390 g/mol. The van der Waals surface area contributed by atoms with Crippen molar-refractivity contribution in [2.45, 2.75) is 44.5 Å². The van der Waals surface area contributed by atoms with E-state index in [0.717, 1.165) is 5.75 Å². The van der Waals surface area contributed by atoms with Crippen LogP contribution >= 0.6 is 11.6 Å². The molecule has 0 aliphatic carbocycles. The largest absolute Gasteiger partial charge is 0.543 e. The Morgan fingerprint density at radius 3 is 2.50 bits per heavy atom. The topological polar surface area (TPSA) is 69.4 Å². The Balaban J connectivity index is 1.75. The van der Waals surface area contributed by atoms with Crippen LogP contribution in [0.4, 0.5) is 5.82 Å². The van der Waals surface area contributed by atoms with E-state index in [2.05, 4.69) is 44.9 Å². The van der Waals surface area contributed by atoms with Gasteiger partial charge in [0.15, 0.2) is 0 Å². The van der Waals surface area contributed by atoms with E-state index in [4.69, 9.17) is 21.3 Å². The second-order valence-electron chi connectivity index (χ2n) is 8.91. The van der Waals surface area contributed by atoms with E-state index in [9.17, 15) is 5.11 Å².